The zero-order chi connectivity index (χ0) is 20.8. The summed E-state index contributed by atoms with van der Waals surface area (Å²) in [5, 5.41) is 14.0. The maximum Gasteiger partial charge on any atom is 0.264 e. The summed E-state index contributed by atoms with van der Waals surface area (Å²) in [6, 6.07) is 21.6. The van der Waals surface area contributed by atoms with E-state index >= 15 is 0 Å². The van der Waals surface area contributed by atoms with Gasteiger partial charge in [0.2, 0.25) is 0 Å². The first-order chi connectivity index (χ1) is 14.5. The van der Waals surface area contributed by atoms with Crippen molar-refractivity contribution in [2.24, 2.45) is 0 Å². The number of nitrogens with zero attached hydrogens (tertiary/aromatic N) is 1. The van der Waals surface area contributed by atoms with Gasteiger partial charge in [0.25, 0.3) is 6.04 Å². The largest absolute Gasteiger partial charge is 0.478 e. The molecule has 3 aromatic carbocycles. The zero-order valence-electron chi connectivity index (χ0n) is 16.2. The molecule has 150 valence electrons. The molecule has 1 N–H and O–H groups in total. The molecular formula is C24H19ClN2O3. The van der Waals surface area contributed by atoms with Gasteiger partial charge in [-0.25, -0.2) is 0 Å². The number of ether oxygens (including phenoxy) is 1. The smallest absolute Gasteiger partial charge is 0.264 e. The van der Waals surface area contributed by atoms with Crippen molar-refractivity contribution < 1.29 is 9.66 Å². The molecule has 30 heavy (non-hydrogen) atoms. The van der Waals surface area contributed by atoms with E-state index in [9.17, 15) is 10.1 Å². The van der Waals surface area contributed by atoms with E-state index in [-0.39, 0.29) is 4.92 Å². The number of nitro groups is 1. The van der Waals surface area contributed by atoms with Crippen molar-refractivity contribution in [3.63, 3.8) is 0 Å². The van der Waals surface area contributed by atoms with E-state index in [1.54, 1.807) is 18.2 Å². The third-order valence-corrected chi connectivity index (χ3v) is 6.07. The minimum Gasteiger partial charge on any atom is -0.478 e. The van der Waals surface area contributed by atoms with Crippen LogP contribution in [-0.2, 0) is 0 Å². The first kappa shape index (κ1) is 18.7. The van der Waals surface area contributed by atoms with Crippen LogP contribution in [0.15, 0.2) is 72.8 Å². The van der Waals surface area contributed by atoms with Crippen LogP contribution >= 0.6 is 11.6 Å². The molecule has 0 fully saturated rings. The fraction of sp³-hybridized carbons (Fsp3) is 0.167. The van der Waals surface area contributed by atoms with Crippen LogP contribution in [0.4, 0.5) is 0 Å². The molecule has 0 bridgehead atoms. The number of hydrogen-bond acceptors (Lipinski definition) is 3. The second-order valence-corrected chi connectivity index (χ2v) is 8.03. The normalized spacial score (nSPS) is 20.5. The van der Waals surface area contributed by atoms with E-state index in [2.05, 4.69) is 4.98 Å². The Bertz CT molecular complexity index is 1250. The van der Waals surface area contributed by atoms with Gasteiger partial charge in [-0.2, -0.15) is 0 Å². The summed E-state index contributed by atoms with van der Waals surface area (Å²) in [4.78, 5) is 15.6. The molecule has 2 heterocycles. The highest BCUT2D eigenvalue weighted by Crippen LogP contribution is 2.49. The Hall–Kier alpha value is -3.31. The Morgan fingerprint density at radius 2 is 1.77 bits per heavy atom. The highest BCUT2D eigenvalue weighted by Gasteiger charge is 2.49. The maximum atomic E-state index is 12.5. The lowest BCUT2D eigenvalue weighted by atomic mass is 9.78. The summed E-state index contributed by atoms with van der Waals surface area (Å²) in [6.45, 7) is 1.96. The van der Waals surface area contributed by atoms with Crippen molar-refractivity contribution in [2.45, 2.75) is 25.0 Å². The topological polar surface area (TPSA) is 68.2 Å². The van der Waals surface area contributed by atoms with E-state index in [4.69, 9.17) is 16.3 Å². The molecule has 0 amide bonds. The Morgan fingerprint density at radius 3 is 2.53 bits per heavy atom. The number of H-pyrrole nitrogens is 1. The summed E-state index contributed by atoms with van der Waals surface area (Å²) in [7, 11) is 0. The number of hydrogen-bond donors (Lipinski definition) is 1. The Labute approximate surface area is 178 Å². The standard InChI is InChI=1S/C24H19ClN2O3/c1-14-21(17-9-5-6-10-19(17)26-14)22-18-13-16(25)11-12-20(18)30-24(23(22)27(28)29)15-7-3-2-4-8-15/h2-13,22-24,26H,1H3/t22-,23-,24-/m0/s1. The second kappa shape index (κ2) is 7.18. The van der Waals surface area contributed by atoms with Crippen LogP contribution in [-0.4, -0.2) is 15.9 Å². The first-order valence-electron chi connectivity index (χ1n) is 9.76. The number of aromatic nitrogens is 1. The summed E-state index contributed by atoms with van der Waals surface area (Å²) in [5.74, 6) is 0.116. The lowest BCUT2D eigenvalue weighted by Gasteiger charge is -2.35. The quantitative estimate of drug-likeness (QED) is 0.325. The summed E-state index contributed by atoms with van der Waals surface area (Å²) in [5.41, 5.74) is 4.30. The average Bonchev–Trinajstić information content (AvgIpc) is 3.08. The van der Waals surface area contributed by atoms with Gasteiger partial charge in [-0.05, 0) is 42.3 Å². The molecule has 0 unspecified atom stereocenters. The number of nitrogens with one attached hydrogen (secondary N) is 1. The molecule has 0 radical (unpaired) electrons. The van der Waals surface area contributed by atoms with Crippen molar-refractivity contribution in [2.75, 3.05) is 0 Å². The average molecular weight is 419 g/mol. The second-order valence-electron chi connectivity index (χ2n) is 7.59. The third-order valence-electron chi connectivity index (χ3n) is 5.84. The van der Waals surface area contributed by atoms with Gasteiger partial charge in [0.1, 0.15) is 5.75 Å². The van der Waals surface area contributed by atoms with E-state index in [1.165, 1.54) is 0 Å². The monoisotopic (exact) mass is 418 g/mol. The van der Waals surface area contributed by atoms with Crippen LogP contribution in [0.5, 0.6) is 5.75 Å². The number of para-hydroxylation sites is 1. The Morgan fingerprint density at radius 1 is 1.03 bits per heavy atom. The van der Waals surface area contributed by atoms with Crippen LogP contribution in [0.2, 0.25) is 5.02 Å². The van der Waals surface area contributed by atoms with E-state index in [0.29, 0.717) is 10.8 Å². The molecule has 0 aliphatic carbocycles. The van der Waals surface area contributed by atoms with Gasteiger partial charge in [0, 0.05) is 32.1 Å². The lowest BCUT2D eigenvalue weighted by molar-refractivity contribution is -0.538. The van der Waals surface area contributed by atoms with Crippen LogP contribution < -0.4 is 4.74 Å². The van der Waals surface area contributed by atoms with Gasteiger partial charge in [-0.15, -0.1) is 0 Å². The lowest BCUT2D eigenvalue weighted by Crippen LogP contribution is -2.41. The van der Waals surface area contributed by atoms with Gasteiger partial charge < -0.3 is 9.72 Å². The molecule has 4 aromatic rings. The molecule has 6 heteroatoms. The summed E-state index contributed by atoms with van der Waals surface area (Å²) < 4.78 is 6.22. The van der Waals surface area contributed by atoms with E-state index in [1.807, 2.05) is 61.5 Å². The zero-order valence-corrected chi connectivity index (χ0v) is 17.0. The molecule has 5 rings (SSSR count). The van der Waals surface area contributed by atoms with Crippen molar-refractivity contribution >= 4 is 22.5 Å². The molecule has 1 aliphatic heterocycles. The maximum absolute atomic E-state index is 12.5. The molecule has 0 spiro atoms. The number of benzene rings is 3. The number of aryl methyl sites for hydroxylation is 1. The summed E-state index contributed by atoms with van der Waals surface area (Å²) in [6.07, 6.45) is -0.715. The molecule has 5 nitrogen and oxygen atoms in total. The summed E-state index contributed by atoms with van der Waals surface area (Å²) >= 11 is 6.31. The first-order valence-corrected chi connectivity index (χ1v) is 10.1. The molecular weight excluding hydrogens is 400 g/mol. The SMILES string of the molecule is Cc1[nH]c2ccccc2c1[C@@H]1c2cc(Cl)ccc2O[C@@H](c2ccccc2)[C@H]1[N+](=O)[O-]. The molecule has 0 saturated carbocycles. The van der Waals surface area contributed by atoms with Gasteiger partial charge in [-0.1, -0.05) is 60.1 Å². The van der Waals surface area contributed by atoms with Gasteiger partial charge in [0.05, 0.1) is 5.92 Å². The highest BCUT2D eigenvalue weighted by molar-refractivity contribution is 6.30. The predicted octanol–water partition coefficient (Wildman–Crippen LogP) is 6.04. The fourth-order valence-electron chi connectivity index (χ4n) is 4.60. The minimum atomic E-state index is -1.00. The van der Waals surface area contributed by atoms with Crippen LogP contribution in [0.1, 0.15) is 34.4 Å². The van der Waals surface area contributed by atoms with Crippen molar-refractivity contribution in [3.05, 3.63) is 110 Å². The highest BCUT2D eigenvalue weighted by atomic mass is 35.5. The third kappa shape index (κ3) is 2.94. The molecule has 1 aromatic heterocycles. The number of rotatable bonds is 3. The Kier molecular flexibility index (Phi) is 4.48. The predicted molar refractivity (Wildman–Crippen MR) is 117 cm³/mol. The van der Waals surface area contributed by atoms with Crippen molar-refractivity contribution in [1.82, 2.24) is 4.98 Å². The van der Waals surface area contributed by atoms with Crippen molar-refractivity contribution in [3.8, 4) is 5.75 Å². The van der Waals surface area contributed by atoms with Crippen LogP contribution in [0.25, 0.3) is 10.9 Å². The van der Waals surface area contributed by atoms with Crippen LogP contribution in [0, 0.1) is 17.0 Å². The molecule has 1 aliphatic rings. The van der Waals surface area contributed by atoms with Gasteiger partial charge >= 0.3 is 0 Å². The fourth-order valence-corrected chi connectivity index (χ4v) is 4.78. The minimum absolute atomic E-state index is 0.215. The van der Waals surface area contributed by atoms with E-state index < -0.39 is 18.1 Å². The molecule has 0 saturated heterocycles. The number of aromatic amines is 1. The number of halogens is 1. The van der Waals surface area contributed by atoms with Gasteiger partial charge in [0.15, 0.2) is 6.10 Å². The number of fused-ring (bicyclic) bond motifs is 2. The molecule has 3 atom stereocenters. The Balaban J connectivity index is 1.80. The van der Waals surface area contributed by atoms with Crippen LogP contribution in [0.3, 0.4) is 0 Å². The van der Waals surface area contributed by atoms with Gasteiger partial charge in [-0.3, -0.25) is 10.1 Å². The van der Waals surface area contributed by atoms with E-state index in [0.717, 1.165) is 33.3 Å². The van der Waals surface area contributed by atoms with Crippen molar-refractivity contribution in [1.29, 1.82) is 0 Å².